The predicted octanol–water partition coefficient (Wildman–Crippen LogP) is 3.21. The minimum Gasteiger partial charge on any atom is -0.391 e. The molecule has 1 N–H and O–H groups in total. The lowest BCUT2D eigenvalue weighted by Crippen LogP contribution is -2.53. The molecule has 3 nitrogen and oxygen atoms in total. The van der Waals surface area contributed by atoms with E-state index in [0.29, 0.717) is 0 Å². The first-order chi connectivity index (χ1) is 8.84. The highest BCUT2D eigenvalue weighted by Gasteiger charge is 2.40. The molecule has 1 aliphatic rings. The molecule has 1 atom stereocenters. The zero-order chi connectivity index (χ0) is 14.5. The Kier molecular flexibility index (Phi) is 6.28. The second-order valence-corrected chi connectivity index (χ2v) is 6.93. The van der Waals surface area contributed by atoms with Crippen LogP contribution in [0.3, 0.4) is 0 Å². The average molecular weight is 271 g/mol. The molecule has 0 radical (unpaired) electrons. The van der Waals surface area contributed by atoms with Gasteiger partial charge in [0.2, 0.25) is 0 Å². The lowest BCUT2D eigenvalue weighted by Gasteiger charge is -2.44. The van der Waals surface area contributed by atoms with Gasteiger partial charge in [0.15, 0.2) is 0 Å². The molecule has 1 aliphatic carbocycles. The molecule has 0 aromatic heterocycles. The van der Waals surface area contributed by atoms with Crippen molar-refractivity contribution in [3.63, 3.8) is 0 Å². The quantitative estimate of drug-likeness (QED) is 0.753. The third-order valence-corrected chi connectivity index (χ3v) is 5.05. The fraction of sp³-hybridized carbons (Fsp3) is 1.00. The molecule has 1 rings (SSSR count). The number of rotatable bonds is 6. The highest BCUT2D eigenvalue weighted by atomic mass is 16.5. The van der Waals surface area contributed by atoms with Crippen LogP contribution >= 0.6 is 0 Å². The maximum absolute atomic E-state index is 10.8. The summed E-state index contributed by atoms with van der Waals surface area (Å²) in [4.78, 5) is 2.27. The second-order valence-electron chi connectivity index (χ2n) is 6.93. The lowest BCUT2D eigenvalue weighted by molar-refractivity contribution is -0.0454. The van der Waals surface area contributed by atoms with Gasteiger partial charge in [-0.2, -0.15) is 0 Å². The van der Waals surface area contributed by atoms with Gasteiger partial charge in [-0.1, -0.05) is 25.7 Å². The molecule has 0 saturated heterocycles. The Hall–Kier alpha value is -0.120. The number of aliphatic hydroxyl groups excluding tert-OH is 1. The van der Waals surface area contributed by atoms with Crippen LogP contribution in [0.2, 0.25) is 0 Å². The summed E-state index contributed by atoms with van der Waals surface area (Å²) in [5.74, 6) is 0. The van der Waals surface area contributed by atoms with Crippen molar-refractivity contribution in [3.05, 3.63) is 0 Å². The van der Waals surface area contributed by atoms with Crippen LogP contribution in [0.5, 0.6) is 0 Å². The molecule has 3 heteroatoms. The van der Waals surface area contributed by atoms with E-state index >= 15 is 0 Å². The Bertz CT molecular complexity index is 255. The van der Waals surface area contributed by atoms with Crippen LogP contribution in [0.1, 0.15) is 65.2 Å². The molecule has 1 saturated carbocycles. The summed E-state index contributed by atoms with van der Waals surface area (Å²) >= 11 is 0. The smallest absolute Gasteiger partial charge is 0.0724 e. The fourth-order valence-electron chi connectivity index (χ4n) is 3.27. The summed E-state index contributed by atoms with van der Waals surface area (Å²) in [5, 5.41) is 10.8. The number of hydrogen-bond acceptors (Lipinski definition) is 3. The highest BCUT2D eigenvalue weighted by molar-refractivity contribution is 4.96. The number of methoxy groups -OCH3 is 1. The van der Waals surface area contributed by atoms with E-state index in [4.69, 9.17) is 4.74 Å². The van der Waals surface area contributed by atoms with Crippen LogP contribution in [0.25, 0.3) is 0 Å². The van der Waals surface area contributed by atoms with E-state index in [1.54, 1.807) is 7.11 Å². The molecule has 1 unspecified atom stereocenters. The number of nitrogens with zero attached hydrogens (tertiary/aromatic N) is 1. The molecule has 0 spiro atoms. The van der Waals surface area contributed by atoms with E-state index in [-0.39, 0.29) is 17.2 Å². The zero-order valence-electron chi connectivity index (χ0n) is 13.5. The summed E-state index contributed by atoms with van der Waals surface area (Å²) in [6.07, 6.45) is 8.81. The Balaban J connectivity index is 2.69. The van der Waals surface area contributed by atoms with E-state index in [1.807, 2.05) is 0 Å². The van der Waals surface area contributed by atoms with E-state index in [0.717, 1.165) is 25.7 Å². The molecule has 0 aliphatic heterocycles. The van der Waals surface area contributed by atoms with Crippen molar-refractivity contribution in [1.82, 2.24) is 4.90 Å². The topological polar surface area (TPSA) is 32.7 Å². The summed E-state index contributed by atoms with van der Waals surface area (Å²) in [7, 11) is 5.99. The summed E-state index contributed by atoms with van der Waals surface area (Å²) < 4.78 is 5.47. The molecule has 0 heterocycles. The molecule has 0 amide bonds. The highest BCUT2D eigenvalue weighted by Crippen LogP contribution is 2.36. The first-order valence-corrected chi connectivity index (χ1v) is 7.75. The van der Waals surface area contributed by atoms with Crippen LogP contribution in [0.15, 0.2) is 0 Å². The summed E-state index contributed by atoms with van der Waals surface area (Å²) in [5.41, 5.74) is -0.167. The van der Waals surface area contributed by atoms with Crippen LogP contribution in [-0.2, 0) is 4.74 Å². The van der Waals surface area contributed by atoms with E-state index in [1.165, 1.54) is 25.7 Å². The molecule has 0 bridgehead atoms. The van der Waals surface area contributed by atoms with Gasteiger partial charge in [-0.15, -0.1) is 0 Å². The predicted molar refractivity (Wildman–Crippen MR) is 80.4 cm³/mol. The van der Waals surface area contributed by atoms with Crippen molar-refractivity contribution in [2.24, 2.45) is 0 Å². The fourth-order valence-corrected chi connectivity index (χ4v) is 3.27. The van der Waals surface area contributed by atoms with Gasteiger partial charge in [-0.3, -0.25) is 0 Å². The van der Waals surface area contributed by atoms with Crippen molar-refractivity contribution in [2.75, 3.05) is 21.2 Å². The number of hydrogen-bond donors (Lipinski definition) is 1. The van der Waals surface area contributed by atoms with Crippen molar-refractivity contribution in [2.45, 2.75) is 82.5 Å². The Labute approximate surface area is 119 Å². The van der Waals surface area contributed by atoms with Gasteiger partial charge >= 0.3 is 0 Å². The van der Waals surface area contributed by atoms with Gasteiger partial charge < -0.3 is 14.7 Å². The first kappa shape index (κ1) is 16.9. The number of aliphatic hydroxyl groups is 1. The van der Waals surface area contributed by atoms with Gasteiger partial charge in [-0.25, -0.2) is 0 Å². The van der Waals surface area contributed by atoms with Gasteiger partial charge in [0, 0.05) is 12.6 Å². The van der Waals surface area contributed by atoms with E-state index < -0.39 is 0 Å². The SMILES string of the molecule is COC(C)(C)CCC(O)C1(N(C)C)CCCCCC1. The Morgan fingerprint density at radius 1 is 1.16 bits per heavy atom. The third kappa shape index (κ3) is 4.44. The molecular formula is C16H33NO2. The minimum atomic E-state index is -0.255. The first-order valence-electron chi connectivity index (χ1n) is 7.75. The molecule has 19 heavy (non-hydrogen) atoms. The van der Waals surface area contributed by atoms with Crippen LogP contribution in [-0.4, -0.2) is 48.5 Å². The minimum absolute atomic E-state index is 0.0275. The van der Waals surface area contributed by atoms with E-state index in [9.17, 15) is 5.11 Å². The monoisotopic (exact) mass is 271 g/mol. The summed E-state index contributed by atoms with van der Waals surface area (Å²) in [6.45, 7) is 4.18. The van der Waals surface area contributed by atoms with Crippen molar-refractivity contribution >= 4 is 0 Å². The second kappa shape index (κ2) is 7.05. The van der Waals surface area contributed by atoms with Gasteiger partial charge in [0.25, 0.3) is 0 Å². The van der Waals surface area contributed by atoms with Gasteiger partial charge in [-0.05, 0) is 53.6 Å². The zero-order valence-corrected chi connectivity index (χ0v) is 13.5. The average Bonchev–Trinajstić information content (AvgIpc) is 2.62. The molecule has 0 aromatic rings. The van der Waals surface area contributed by atoms with Crippen LogP contribution in [0.4, 0.5) is 0 Å². The molecular weight excluding hydrogens is 238 g/mol. The van der Waals surface area contributed by atoms with Crippen LogP contribution < -0.4 is 0 Å². The normalized spacial score (nSPS) is 22.3. The largest absolute Gasteiger partial charge is 0.391 e. The van der Waals surface area contributed by atoms with E-state index in [2.05, 4.69) is 32.8 Å². The van der Waals surface area contributed by atoms with Crippen molar-refractivity contribution < 1.29 is 9.84 Å². The lowest BCUT2D eigenvalue weighted by atomic mass is 9.80. The van der Waals surface area contributed by atoms with Crippen LogP contribution in [0, 0.1) is 0 Å². The van der Waals surface area contributed by atoms with Crippen molar-refractivity contribution in [3.8, 4) is 0 Å². The Morgan fingerprint density at radius 3 is 2.11 bits per heavy atom. The van der Waals surface area contributed by atoms with Gasteiger partial charge in [0.05, 0.1) is 11.7 Å². The molecule has 1 fully saturated rings. The third-order valence-electron chi connectivity index (χ3n) is 5.05. The van der Waals surface area contributed by atoms with Gasteiger partial charge in [0.1, 0.15) is 0 Å². The van der Waals surface area contributed by atoms with Crippen molar-refractivity contribution in [1.29, 1.82) is 0 Å². The standard InChI is InChI=1S/C16H33NO2/c1-15(2,19-5)13-10-14(18)16(17(3)4)11-8-6-7-9-12-16/h14,18H,6-13H2,1-5H3. The maximum atomic E-state index is 10.8. The molecule has 0 aromatic carbocycles. The molecule has 114 valence electrons. The number of ether oxygens (including phenoxy) is 1. The Morgan fingerprint density at radius 2 is 1.68 bits per heavy atom. The summed E-state index contributed by atoms with van der Waals surface area (Å²) in [6, 6.07) is 0. The number of likely N-dealkylation sites (N-methyl/N-ethyl adjacent to an activating group) is 1. The maximum Gasteiger partial charge on any atom is 0.0724 e.